The number of nitrogens with one attached hydrogen (secondary N) is 1. The van der Waals surface area contributed by atoms with Crippen LogP contribution in [0.5, 0.6) is 0 Å². The quantitative estimate of drug-likeness (QED) is 0.616. The van der Waals surface area contributed by atoms with Crippen LogP contribution in [0.4, 0.5) is 11.4 Å². The maximum absolute atomic E-state index is 11.8. The van der Waals surface area contributed by atoms with Crippen LogP contribution in [-0.4, -0.2) is 44.1 Å². The summed E-state index contributed by atoms with van der Waals surface area (Å²) in [5.74, 6) is 0. The van der Waals surface area contributed by atoms with E-state index in [0.29, 0.717) is 13.1 Å². The molecule has 0 amide bonds. The van der Waals surface area contributed by atoms with E-state index in [2.05, 4.69) is 22.3 Å². The minimum Gasteiger partial charge on any atom is -0.378 e. The number of anilines is 1. The normalized spacial score (nSPS) is 14.7. The molecule has 3 rings (SSSR count). The molecule has 1 N–H and O–H groups in total. The Labute approximate surface area is 152 Å². The molecule has 0 atom stereocenters. The van der Waals surface area contributed by atoms with Gasteiger partial charge in [0.05, 0.1) is 4.92 Å². The highest BCUT2D eigenvalue weighted by atomic mass is 32.2. The summed E-state index contributed by atoms with van der Waals surface area (Å²) in [5, 5.41) is 14.4. The van der Waals surface area contributed by atoms with Crippen LogP contribution in [0.25, 0.3) is 0 Å². The van der Waals surface area contributed by atoms with Crippen molar-refractivity contribution < 1.29 is 13.3 Å². The van der Waals surface area contributed by atoms with Gasteiger partial charge >= 0.3 is 5.69 Å². The molecular weight excluding hydrogens is 354 g/mol. The Hall–Kier alpha value is -2.45. The number of hydrogen-bond donors (Lipinski definition) is 1. The first-order valence-corrected chi connectivity index (χ1v) is 10.3. The van der Waals surface area contributed by atoms with Gasteiger partial charge in [-0.05, 0) is 29.7 Å². The van der Waals surface area contributed by atoms with Gasteiger partial charge in [0, 0.05) is 32.4 Å². The number of rotatable bonds is 6. The molecule has 0 saturated heterocycles. The lowest BCUT2D eigenvalue weighted by Crippen LogP contribution is -2.34. The Morgan fingerprint density at radius 1 is 1.15 bits per heavy atom. The van der Waals surface area contributed by atoms with Gasteiger partial charge in [0.15, 0.2) is 9.84 Å². The first kappa shape index (κ1) is 18.3. The van der Waals surface area contributed by atoms with Crippen molar-refractivity contribution in [2.24, 2.45) is 0 Å². The van der Waals surface area contributed by atoms with Gasteiger partial charge in [-0.25, -0.2) is 8.42 Å². The number of benzene rings is 2. The summed E-state index contributed by atoms with van der Waals surface area (Å²) >= 11 is 0. The smallest absolute Gasteiger partial charge is 0.310 e. The molecule has 0 saturated carbocycles. The lowest BCUT2D eigenvalue weighted by molar-refractivity contribution is -0.386. The molecule has 7 nitrogen and oxygen atoms in total. The first-order chi connectivity index (χ1) is 12.4. The molecule has 0 aliphatic carbocycles. The Morgan fingerprint density at radius 3 is 2.58 bits per heavy atom. The largest absolute Gasteiger partial charge is 0.378 e. The minimum atomic E-state index is -3.67. The van der Waals surface area contributed by atoms with Crippen molar-refractivity contribution in [3.63, 3.8) is 0 Å². The average Bonchev–Trinajstić information content (AvgIpc) is 2.60. The highest BCUT2D eigenvalue weighted by Crippen LogP contribution is 2.31. The average molecular weight is 375 g/mol. The number of nitro benzene ring substituents is 1. The Balaban J connectivity index is 1.68. The molecule has 0 spiro atoms. The number of sulfone groups is 1. The van der Waals surface area contributed by atoms with Gasteiger partial charge in [0.2, 0.25) is 0 Å². The maximum Gasteiger partial charge on any atom is 0.310 e. The van der Waals surface area contributed by atoms with Crippen molar-refractivity contribution in [3.8, 4) is 0 Å². The van der Waals surface area contributed by atoms with E-state index in [1.807, 2.05) is 12.1 Å². The number of hydrogen-bond acceptors (Lipinski definition) is 6. The topological polar surface area (TPSA) is 92.6 Å². The summed E-state index contributed by atoms with van der Waals surface area (Å²) in [6.07, 6.45) is 1.96. The summed E-state index contributed by atoms with van der Waals surface area (Å²) in [5.41, 5.74) is 2.52. The molecule has 26 heavy (non-hydrogen) atoms. The molecule has 0 unspecified atom stereocenters. The van der Waals surface area contributed by atoms with Gasteiger partial charge in [-0.3, -0.25) is 15.0 Å². The van der Waals surface area contributed by atoms with E-state index >= 15 is 0 Å². The van der Waals surface area contributed by atoms with Crippen molar-refractivity contribution in [2.45, 2.75) is 17.9 Å². The second kappa shape index (κ2) is 7.43. The molecule has 1 aliphatic rings. The zero-order valence-electron chi connectivity index (χ0n) is 14.5. The standard InChI is InChI=1S/C18H21N3O4S/c1-26(24,25)17-8-4-7-16(18(17)21(22)23)19-10-12-20-11-9-14-5-2-3-6-15(14)13-20/h2-8,19H,9-13H2,1H3. The predicted molar refractivity (Wildman–Crippen MR) is 100 cm³/mol. The van der Waals surface area contributed by atoms with Gasteiger partial charge in [-0.15, -0.1) is 0 Å². The van der Waals surface area contributed by atoms with Crippen LogP contribution < -0.4 is 5.32 Å². The molecule has 1 heterocycles. The highest BCUT2D eigenvalue weighted by molar-refractivity contribution is 7.90. The van der Waals surface area contributed by atoms with Crippen molar-refractivity contribution in [3.05, 3.63) is 63.7 Å². The predicted octanol–water partition coefficient (Wildman–Crippen LogP) is 2.47. The van der Waals surface area contributed by atoms with Gasteiger partial charge in [0.25, 0.3) is 0 Å². The molecule has 2 aromatic carbocycles. The number of para-hydroxylation sites is 1. The molecule has 0 aromatic heterocycles. The van der Waals surface area contributed by atoms with Crippen LogP contribution >= 0.6 is 0 Å². The van der Waals surface area contributed by atoms with E-state index in [4.69, 9.17) is 0 Å². The SMILES string of the molecule is CS(=O)(=O)c1cccc(NCCN2CCc3ccccc3C2)c1[N+](=O)[O-]. The zero-order chi connectivity index (χ0) is 18.7. The summed E-state index contributed by atoms with van der Waals surface area (Å²) in [6, 6.07) is 12.7. The van der Waals surface area contributed by atoms with Gasteiger partial charge in [-0.1, -0.05) is 30.3 Å². The van der Waals surface area contributed by atoms with Gasteiger partial charge < -0.3 is 5.32 Å². The van der Waals surface area contributed by atoms with Crippen LogP contribution in [-0.2, 0) is 22.8 Å². The number of fused-ring (bicyclic) bond motifs is 1. The molecular formula is C18H21N3O4S. The fraction of sp³-hybridized carbons (Fsp3) is 0.333. The van der Waals surface area contributed by atoms with E-state index in [1.54, 1.807) is 0 Å². The van der Waals surface area contributed by atoms with Crippen LogP contribution in [0.2, 0.25) is 0 Å². The number of nitro groups is 1. The molecule has 2 aromatic rings. The number of nitrogens with zero attached hydrogens (tertiary/aromatic N) is 2. The minimum absolute atomic E-state index is 0.232. The Kier molecular flexibility index (Phi) is 5.24. The fourth-order valence-electron chi connectivity index (χ4n) is 3.25. The van der Waals surface area contributed by atoms with Crippen molar-refractivity contribution in [2.75, 3.05) is 31.2 Å². The summed E-state index contributed by atoms with van der Waals surface area (Å²) in [7, 11) is -3.67. The molecule has 0 radical (unpaired) electrons. The van der Waals surface area contributed by atoms with E-state index in [1.165, 1.54) is 29.3 Å². The summed E-state index contributed by atoms with van der Waals surface area (Å²) in [6.45, 7) is 3.00. The highest BCUT2D eigenvalue weighted by Gasteiger charge is 2.26. The molecule has 1 aliphatic heterocycles. The van der Waals surface area contributed by atoms with Gasteiger partial charge in [0.1, 0.15) is 10.6 Å². The Morgan fingerprint density at radius 2 is 1.88 bits per heavy atom. The third-order valence-corrected chi connectivity index (χ3v) is 5.66. The lowest BCUT2D eigenvalue weighted by Gasteiger charge is -2.28. The molecule has 8 heteroatoms. The molecule has 0 fully saturated rings. The lowest BCUT2D eigenvalue weighted by atomic mass is 10.00. The van der Waals surface area contributed by atoms with E-state index in [0.717, 1.165) is 25.8 Å². The van der Waals surface area contributed by atoms with Crippen LogP contribution in [0.3, 0.4) is 0 Å². The van der Waals surface area contributed by atoms with E-state index in [9.17, 15) is 18.5 Å². The van der Waals surface area contributed by atoms with Crippen molar-refractivity contribution >= 4 is 21.2 Å². The summed E-state index contributed by atoms with van der Waals surface area (Å²) < 4.78 is 23.6. The first-order valence-electron chi connectivity index (χ1n) is 8.37. The second-order valence-corrected chi connectivity index (χ2v) is 8.39. The summed E-state index contributed by atoms with van der Waals surface area (Å²) in [4.78, 5) is 12.8. The van der Waals surface area contributed by atoms with Crippen LogP contribution in [0, 0.1) is 10.1 Å². The van der Waals surface area contributed by atoms with Crippen molar-refractivity contribution in [1.82, 2.24) is 4.90 Å². The fourth-order valence-corrected chi connectivity index (χ4v) is 4.11. The van der Waals surface area contributed by atoms with E-state index < -0.39 is 14.8 Å². The molecule has 0 bridgehead atoms. The monoisotopic (exact) mass is 375 g/mol. The third-order valence-electron chi connectivity index (χ3n) is 4.53. The second-order valence-electron chi connectivity index (χ2n) is 6.40. The third kappa shape index (κ3) is 4.03. The Bertz CT molecular complexity index is 928. The van der Waals surface area contributed by atoms with Crippen LogP contribution in [0.15, 0.2) is 47.4 Å². The van der Waals surface area contributed by atoms with Crippen molar-refractivity contribution in [1.29, 1.82) is 0 Å². The zero-order valence-corrected chi connectivity index (χ0v) is 15.3. The van der Waals surface area contributed by atoms with Crippen LogP contribution in [0.1, 0.15) is 11.1 Å². The maximum atomic E-state index is 11.8. The molecule has 138 valence electrons. The van der Waals surface area contributed by atoms with Gasteiger partial charge in [-0.2, -0.15) is 0 Å². The van der Waals surface area contributed by atoms with E-state index in [-0.39, 0.29) is 16.3 Å².